The number of carbonyl (C=O) groups excluding carboxylic acids is 1. The molecular weight excluding hydrogens is 423 g/mol. The average molecular weight is 448 g/mol. The molecule has 2 heterocycles. The number of hydrogen-bond donors (Lipinski definition) is 1. The summed E-state index contributed by atoms with van der Waals surface area (Å²) < 4.78 is 40.4. The number of nitrogens with one attached hydrogen (secondary N) is 1. The molecule has 1 amide bonds. The van der Waals surface area contributed by atoms with Gasteiger partial charge in [-0.25, -0.2) is 4.98 Å². The molecule has 1 N–H and O–H groups in total. The summed E-state index contributed by atoms with van der Waals surface area (Å²) in [4.78, 5) is 20.3. The molecule has 1 aliphatic carbocycles. The molecule has 2 aromatic heterocycles. The van der Waals surface area contributed by atoms with Gasteiger partial charge in [0.05, 0.1) is 17.1 Å². The summed E-state index contributed by atoms with van der Waals surface area (Å²) in [6.07, 6.45) is -0.720. The molecule has 3 aromatic rings. The summed E-state index contributed by atoms with van der Waals surface area (Å²) in [6.45, 7) is 0. The Morgan fingerprint density at radius 3 is 2.48 bits per heavy atom. The van der Waals surface area contributed by atoms with Crippen LogP contribution in [0, 0.1) is 0 Å². The van der Waals surface area contributed by atoms with E-state index in [-0.39, 0.29) is 22.7 Å². The van der Waals surface area contributed by atoms with Crippen molar-refractivity contribution in [2.75, 3.05) is 14.1 Å². The van der Waals surface area contributed by atoms with Crippen molar-refractivity contribution in [3.8, 4) is 0 Å². The fourth-order valence-electron chi connectivity index (χ4n) is 4.62. The van der Waals surface area contributed by atoms with E-state index >= 15 is 0 Å². The number of rotatable bonds is 5. The first-order valence-corrected chi connectivity index (χ1v) is 11.1. The lowest BCUT2D eigenvalue weighted by molar-refractivity contribution is -0.140. The number of amides is 1. The van der Waals surface area contributed by atoms with E-state index < -0.39 is 17.8 Å². The van der Waals surface area contributed by atoms with Crippen LogP contribution in [0.3, 0.4) is 0 Å². The van der Waals surface area contributed by atoms with E-state index in [4.69, 9.17) is 0 Å². The van der Waals surface area contributed by atoms with Gasteiger partial charge >= 0.3 is 6.18 Å². The number of pyridine rings is 1. The van der Waals surface area contributed by atoms with Crippen LogP contribution < -0.4 is 5.32 Å². The Bertz CT molecular complexity index is 1070. The molecule has 31 heavy (non-hydrogen) atoms. The van der Waals surface area contributed by atoms with Crippen molar-refractivity contribution in [3.05, 3.63) is 64.0 Å². The minimum Gasteiger partial charge on any atom is -0.343 e. The molecule has 0 radical (unpaired) electrons. The summed E-state index contributed by atoms with van der Waals surface area (Å²) >= 11 is 1.55. The zero-order valence-electron chi connectivity index (χ0n) is 17.4. The summed E-state index contributed by atoms with van der Waals surface area (Å²) in [5.74, 6) is -0.518. The molecule has 4 nitrogen and oxygen atoms in total. The van der Waals surface area contributed by atoms with E-state index in [9.17, 15) is 18.0 Å². The highest BCUT2D eigenvalue weighted by atomic mass is 32.1. The van der Waals surface area contributed by atoms with Crippen LogP contribution in [0.2, 0.25) is 0 Å². The van der Waals surface area contributed by atoms with Gasteiger partial charge in [0, 0.05) is 15.8 Å². The maximum atomic E-state index is 13.5. The third-order valence-corrected chi connectivity index (χ3v) is 7.19. The Morgan fingerprint density at radius 2 is 1.87 bits per heavy atom. The lowest BCUT2D eigenvalue weighted by Crippen LogP contribution is -2.53. The number of carbonyl (C=O) groups is 1. The molecule has 0 saturated heterocycles. The lowest BCUT2D eigenvalue weighted by atomic mass is 9.85. The predicted octanol–water partition coefficient (Wildman–Crippen LogP) is 5.66. The van der Waals surface area contributed by atoms with Gasteiger partial charge in [0.25, 0.3) is 5.91 Å². The zero-order valence-corrected chi connectivity index (χ0v) is 18.2. The Morgan fingerprint density at radius 1 is 1.16 bits per heavy atom. The van der Waals surface area contributed by atoms with Gasteiger partial charge in [-0.1, -0.05) is 37.1 Å². The Balaban J connectivity index is 1.79. The maximum Gasteiger partial charge on any atom is 0.433 e. The molecule has 1 saturated carbocycles. The summed E-state index contributed by atoms with van der Waals surface area (Å²) in [5, 5.41) is 5.47. The normalized spacial score (nSPS) is 17.2. The monoisotopic (exact) mass is 447 g/mol. The standard InChI is InChI=1S/C23H24F3N3OS/c1-29(2)22(11-5-6-12-22)20(18-10-7-13-31-18)28-21(30)16-14-19(23(24,25)26)27-17-9-4-3-8-15(16)17/h3-4,7-10,13-14,20H,5-6,11-12H2,1-2H3,(H,28,30). The smallest absolute Gasteiger partial charge is 0.343 e. The second-order valence-electron chi connectivity index (χ2n) is 8.20. The molecule has 4 rings (SSSR count). The number of thiophene rings is 1. The number of para-hydroxylation sites is 1. The first kappa shape index (κ1) is 21.8. The van der Waals surface area contributed by atoms with E-state index in [1.54, 1.807) is 29.5 Å². The fraction of sp³-hybridized carbons (Fsp3) is 0.391. The quantitative estimate of drug-likeness (QED) is 0.549. The number of fused-ring (bicyclic) bond motifs is 1. The number of benzene rings is 1. The fourth-order valence-corrected chi connectivity index (χ4v) is 5.51. The number of aromatic nitrogens is 1. The molecule has 0 bridgehead atoms. The minimum absolute atomic E-state index is 0.00798. The van der Waals surface area contributed by atoms with Gasteiger partial charge in [-0.2, -0.15) is 13.2 Å². The molecular formula is C23H24F3N3OS. The van der Waals surface area contributed by atoms with Gasteiger partial charge in [0.2, 0.25) is 0 Å². The topological polar surface area (TPSA) is 45.2 Å². The van der Waals surface area contributed by atoms with Crippen LogP contribution in [-0.2, 0) is 6.18 Å². The van der Waals surface area contributed by atoms with Gasteiger partial charge in [-0.05, 0) is 50.5 Å². The molecule has 1 aliphatic rings. The van der Waals surface area contributed by atoms with Crippen LogP contribution in [-0.4, -0.2) is 35.4 Å². The first-order chi connectivity index (χ1) is 14.7. The largest absolute Gasteiger partial charge is 0.433 e. The second-order valence-corrected chi connectivity index (χ2v) is 9.18. The first-order valence-electron chi connectivity index (χ1n) is 10.2. The van der Waals surface area contributed by atoms with Gasteiger partial charge < -0.3 is 10.2 Å². The van der Waals surface area contributed by atoms with Crippen LogP contribution in [0.5, 0.6) is 0 Å². The van der Waals surface area contributed by atoms with Crippen molar-refractivity contribution < 1.29 is 18.0 Å². The van der Waals surface area contributed by atoms with Crippen LogP contribution >= 0.6 is 11.3 Å². The summed E-state index contributed by atoms with van der Waals surface area (Å²) in [5.41, 5.74) is -1.20. The predicted molar refractivity (Wildman–Crippen MR) is 116 cm³/mol. The second kappa shape index (κ2) is 8.24. The van der Waals surface area contributed by atoms with E-state index in [1.807, 2.05) is 31.6 Å². The van der Waals surface area contributed by atoms with Crippen molar-refractivity contribution in [1.29, 1.82) is 0 Å². The van der Waals surface area contributed by atoms with Gasteiger partial charge in [-0.3, -0.25) is 4.79 Å². The third-order valence-electron chi connectivity index (χ3n) is 6.25. The number of likely N-dealkylation sites (N-methyl/N-ethyl adjacent to an activating group) is 1. The Kier molecular flexibility index (Phi) is 5.79. The van der Waals surface area contributed by atoms with Gasteiger partial charge in [-0.15, -0.1) is 11.3 Å². The highest BCUT2D eigenvalue weighted by Crippen LogP contribution is 2.45. The van der Waals surface area contributed by atoms with E-state index in [0.29, 0.717) is 5.39 Å². The van der Waals surface area contributed by atoms with E-state index in [0.717, 1.165) is 36.6 Å². The maximum absolute atomic E-state index is 13.5. The molecule has 1 atom stereocenters. The van der Waals surface area contributed by atoms with Crippen molar-refractivity contribution in [3.63, 3.8) is 0 Å². The molecule has 8 heteroatoms. The number of nitrogens with zero attached hydrogens (tertiary/aromatic N) is 2. The molecule has 1 fully saturated rings. The Hall–Kier alpha value is -2.45. The van der Waals surface area contributed by atoms with Crippen LogP contribution in [0.4, 0.5) is 13.2 Å². The number of hydrogen-bond acceptors (Lipinski definition) is 4. The van der Waals surface area contributed by atoms with Gasteiger partial charge in [0.15, 0.2) is 0 Å². The van der Waals surface area contributed by atoms with Crippen LogP contribution in [0.1, 0.15) is 52.7 Å². The minimum atomic E-state index is -4.64. The van der Waals surface area contributed by atoms with Gasteiger partial charge in [0.1, 0.15) is 5.69 Å². The van der Waals surface area contributed by atoms with Crippen LogP contribution in [0.25, 0.3) is 10.9 Å². The summed E-state index contributed by atoms with van der Waals surface area (Å²) in [6, 6.07) is 10.9. The van der Waals surface area contributed by atoms with E-state index in [1.165, 1.54) is 6.07 Å². The van der Waals surface area contributed by atoms with Crippen molar-refractivity contribution in [2.45, 2.75) is 43.4 Å². The van der Waals surface area contributed by atoms with Crippen LogP contribution in [0.15, 0.2) is 47.8 Å². The SMILES string of the molecule is CN(C)C1(C(NC(=O)c2cc(C(F)(F)F)nc3ccccc23)c2cccs2)CCCC1. The molecule has 0 spiro atoms. The lowest BCUT2D eigenvalue weighted by Gasteiger charge is -2.43. The molecule has 1 unspecified atom stereocenters. The zero-order chi connectivity index (χ0) is 22.2. The average Bonchev–Trinajstić information content (AvgIpc) is 3.43. The molecule has 1 aromatic carbocycles. The number of alkyl halides is 3. The molecule has 164 valence electrons. The highest BCUT2D eigenvalue weighted by molar-refractivity contribution is 7.10. The van der Waals surface area contributed by atoms with Crippen molar-refractivity contribution >= 4 is 28.1 Å². The summed E-state index contributed by atoms with van der Waals surface area (Å²) in [7, 11) is 4.00. The van der Waals surface area contributed by atoms with Crippen molar-refractivity contribution in [1.82, 2.24) is 15.2 Å². The van der Waals surface area contributed by atoms with E-state index in [2.05, 4.69) is 15.2 Å². The highest BCUT2D eigenvalue weighted by Gasteiger charge is 2.45. The Labute approximate surface area is 183 Å². The third kappa shape index (κ3) is 4.06. The van der Waals surface area contributed by atoms with Crippen molar-refractivity contribution in [2.24, 2.45) is 0 Å². The number of halogens is 3. The molecule has 0 aliphatic heterocycles.